The van der Waals surface area contributed by atoms with Crippen molar-refractivity contribution in [3.05, 3.63) is 54.1 Å². The molecule has 0 saturated carbocycles. The number of hydrogen-bond donors (Lipinski definition) is 1. The summed E-state index contributed by atoms with van der Waals surface area (Å²) >= 11 is 0. The van der Waals surface area contributed by atoms with E-state index in [-0.39, 0.29) is 0 Å². The molecule has 0 bridgehead atoms. The van der Waals surface area contributed by atoms with Gasteiger partial charge in [-0.1, -0.05) is 45.0 Å². The molecule has 1 fully saturated rings. The minimum Gasteiger partial charge on any atom is -0.353 e. The number of nitrogens with zero attached hydrogens (tertiary/aromatic N) is 3. The van der Waals surface area contributed by atoms with Gasteiger partial charge in [-0.15, -0.1) is 0 Å². The van der Waals surface area contributed by atoms with Crippen molar-refractivity contribution in [2.24, 2.45) is 4.99 Å². The monoisotopic (exact) mass is 336 g/mol. The van der Waals surface area contributed by atoms with Crippen LogP contribution in [0.2, 0.25) is 0 Å². The molecule has 1 saturated heterocycles. The van der Waals surface area contributed by atoms with Crippen LogP contribution >= 0.6 is 0 Å². The molecule has 2 aliphatic heterocycles. The first kappa shape index (κ1) is 17.5. The molecular formula is C21H28N4. The van der Waals surface area contributed by atoms with Crippen LogP contribution in [0, 0.1) is 0 Å². The Hall–Kier alpha value is -2.33. The zero-order valence-electron chi connectivity index (χ0n) is 15.5. The van der Waals surface area contributed by atoms with Crippen molar-refractivity contribution < 1.29 is 0 Å². The second kappa shape index (κ2) is 8.17. The molecule has 0 unspecified atom stereocenters. The second-order valence-electron chi connectivity index (χ2n) is 6.04. The Labute approximate surface area is 151 Å². The van der Waals surface area contributed by atoms with Crippen LogP contribution in [0.3, 0.4) is 0 Å². The summed E-state index contributed by atoms with van der Waals surface area (Å²) in [5, 5.41) is 3.54. The highest BCUT2D eigenvalue weighted by Gasteiger charge is 2.24. The highest BCUT2D eigenvalue weighted by molar-refractivity contribution is 6.07. The molecule has 0 atom stereocenters. The fourth-order valence-electron chi connectivity index (χ4n) is 3.30. The van der Waals surface area contributed by atoms with E-state index >= 15 is 0 Å². The minimum absolute atomic E-state index is 1.01. The summed E-state index contributed by atoms with van der Waals surface area (Å²) in [7, 11) is 0. The van der Waals surface area contributed by atoms with E-state index in [4.69, 9.17) is 4.99 Å². The summed E-state index contributed by atoms with van der Waals surface area (Å²) in [5.41, 5.74) is 4.40. The SMILES string of the molecule is CC.CCN1CCN(C2=Nc3ccccc3Nc3ccccc32)CC1. The van der Waals surface area contributed by atoms with Gasteiger partial charge in [0.15, 0.2) is 0 Å². The van der Waals surface area contributed by atoms with Crippen LogP contribution in [0.4, 0.5) is 17.1 Å². The molecule has 0 amide bonds. The van der Waals surface area contributed by atoms with Crippen LogP contribution < -0.4 is 5.32 Å². The fourth-order valence-corrected chi connectivity index (χ4v) is 3.30. The van der Waals surface area contributed by atoms with Crippen molar-refractivity contribution in [3.8, 4) is 0 Å². The quantitative estimate of drug-likeness (QED) is 0.832. The number of rotatable bonds is 1. The Morgan fingerprint density at radius 3 is 2.24 bits per heavy atom. The molecular weight excluding hydrogens is 308 g/mol. The van der Waals surface area contributed by atoms with Crippen LogP contribution in [0.25, 0.3) is 0 Å². The van der Waals surface area contributed by atoms with Gasteiger partial charge in [-0.2, -0.15) is 0 Å². The molecule has 2 aromatic rings. The first-order chi connectivity index (χ1) is 12.3. The van der Waals surface area contributed by atoms with E-state index in [1.165, 1.54) is 5.56 Å². The lowest BCUT2D eigenvalue weighted by atomic mass is 10.1. The number of nitrogens with one attached hydrogen (secondary N) is 1. The number of amidine groups is 1. The van der Waals surface area contributed by atoms with Gasteiger partial charge in [0.1, 0.15) is 5.84 Å². The molecule has 2 aromatic carbocycles. The highest BCUT2D eigenvalue weighted by atomic mass is 15.3. The Morgan fingerprint density at radius 1 is 0.880 bits per heavy atom. The summed E-state index contributed by atoms with van der Waals surface area (Å²) in [5.74, 6) is 1.09. The maximum absolute atomic E-state index is 5.02. The Balaban J connectivity index is 0.000000880. The topological polar surface area (TPSA) is 30.9 Å². The van der Waals surface area contributed by atoms with Crippen LogP contribution in [0.1, 0.15) is 26.3 Å². The summed E-state index contributed by atoms with van der Waals surface area (Å²) in [4.78, 5) is 9.93. The van der Waals surface area contributed by atoms with Crippen LogP contribution in [0.5, 0.6) is 0 Å². The predicted octanol–water partition coefficient (Wildman–Crippen LogP) is 4.49. The van der Waals surface area contributed by atoms with Crippen molar-refractivity contribution >= 4 is 22.9 Å². The van der Waals surface area contributed by atoms with Gasteiger partial charge in [0, 0.05) is 37.4 Å². The molecule has 132 valence electrons. The molecule has 4 heteroatoms. The lowest BCUT2D eigenvalue weighted by Gasteiger charge is -2.36. The van der Waals surface area contributed by atoms with Gasteiger partial charge >= 0.3 is 0 Å². The van der Waals surface area contributed by atoms with Gasteiger partial charge in [0.25, 0.3) is 0 Å². The number of aliphatic imine (C=N–C) groups is 1. The van der Waals surface area contributed by atoms with E-state index in [0.29, 0.717) is 0 Å². The number of piperazine rings is 1. The maximum atomic E-state index is 5.02. The van der Waals surface area contributed by atoms with Crippen LogP contribution in [0.15, 0.2) is 53.5 Å². The van der Waals surface area contributed by atoms with Gasteiger partial charge < -0.3 is 15.1 Å². The minimum atomic E-state index is 1.01. The Kier molecular flexibility index (Phi) is 5.71. The average Bonchev–Trinajstić information content (AvgIpc) is 2.86. The molecule has 4 nitrogen and oxygen atoms in total. The van der Waals surface area contributed by atoms with Crippen LogP contribution in [-0.4, -0.2) is 48.4 Å². The molecule has 0 aliphatic carbocycles. The number of fused-ring (bicyclic) bond motifs is 2. The van der Waals surface area contributed by atoms with Gasteiger partial charge in [-0.3, -0.25) is 0 Å². The summed E-state index contributed by atoms with van der Waals surface area (Å²) in [6.45, 7) is 11.6. The fraction of sp³-hybridized carbons (Fsp3) is 0.381. The molecule has 0 radical (unpaired) electrons. The smallest absolute Gasteiger partial charge is 0.138 e. The molecule has 0 aromatic heterocycles. The lowest BCUT2D eigenvalue weighted by molar-refractivity contribution is 0.190. The largest absolute Gasteiger partial charge is 0.353 e. The highest BCUT2D eigenvalue weighted by Crippen LogP contribution is 2.34. The first-order valence-electron chi connectivity index (χ1n) is 9.36. The zero-order valence-corrected chi connectivity index (χ0v) is 15.5. The number of likely N-dealkylation sites (N-methyl/N-ethyl adjacent to an activating group) is 1. The van der Waals surface area contributed by atoms with Crippen molar-refractivity contribution in [2.75, 3.05) is 38.0 Å². The van der Waals surface area contributed by atoms with Crippen molar-refractivity contribution in [2.45, 2.75) is 20.8 Å². The van der Waals surface area contributed by atoms with Crippen molar-refractivity contribution in [3.63, 3.8) is 0 Å². The van der Waals surface area contributed by atoms with Crippen molar-refractivity contribution in [1.82, 2.24) is 9.80 Å². The molecule has 1 N–H and O–H groups in total. The van der Waals surface area contributed by atoms with E-state index in [0.717, 1.165) is 55.6 Å². The normalized spacial score (nSPS) is 16.4. The zero-order chi connectivity index (χ0) is 17.6. The van der Waals surface area contributed by atoms with Crippen molar-refractivity contribution in [1.29, 1.82) is 0 Å². The predicted molar refractivity (Wildman–Crippen MR) is 107 cm³/mol. The molecule has 4 rings (SSSR count). The molecule has 25 heavy (non-hydrogen) atoms. The summed E-state index contributed by atoms with van der Waals surface area (Å²) in [6.07, 6.45) is 0. The maximum Gasteiger partial charge on any atom is 0.138 e. The van der Waals surface area contributed by atoms with Gasteiger partial charge in [-0.25, -0.2) is 4.99 Å². The Morgan fingerprint density at radius 2 is 1.52 bits per heavy atom. The van der Waals surface area contributed by atoms with Gasteiger partial charge in [0.05, 0.1) is 11.4 Å². The second-order valence-corrected chi connectivity index (χ2v) is 6.04. The third-order valence-electron chi connectivity index (χ3n) is 4.69. The summed E-state index contributed by atoms with van der Waals surface area (Å²) < 4.78 is 0. The molecule has 2 aliphatic rings. The Bertz CT molecular complexity index is 730. The standard InChI is InChI=1S/C19H22N4.C2H6/c1-2-22-11-13-23(14-12-22)19-15-7-3-4-8-16(15)20-17-9-5-6-10-18(17)21-19;1-2/h3-10,20H,2,11-14H2,1H3;1-2H3. The number of anilines is 2. The molecule has 2 heterocycles. The number of hydrogen-bond acceptors (Lipinski definition) is 4. The average molecular weight is 336 g/mol. The summed E-state index contributed by atoms with van der Waals surface area (Å²) in [6, 6.07) is 16.7. The number of para-hydroxylation sites is 3. The van der Waals surface area contributed by atoms with Gasteiger partial charge in [-0.05, 0) is 30.8 Å². The van der Waals surface area contributed by atoms with Gasteiger partial charge in [0.2, 0.25) is 0 Å². The van der Waals surface area contributed by atoms with E-state index < -0.39 is 0 Å². The lowest BCUT2D eigenvalue weighted by Crippen LogP contribution is -2.48. The molecule has 0 spiro atoms. The first-order valence-corrected chi connectivity index (χ1v) is 9.36. The van der Waals surface area contributed by atoms with E-state index in [1.54, 1.807) is 0 Å². The number of benzene rings is 2. The third kappa shape index (κ3) is 3.69. The van der Waals surface area contributed by atoms with E-state index in [9.17, 15) is 0 Å². The van der Waals surface area contributed by atoms with E-state index in [2.05, 4.69) is 64.5 Å². The van der Waals surface area contributed by atoms with E-state index in [1.807, 2.05) is 19.9 Å². The van der Waals surface area contributed by atoms with Crippen LogP contribution in [-0.2, 0) is 0 Å². The third-order valence-corrected chi connectivity index (χ3v) is 4.69.